The van der Waals surface area contributed by atoms with Gasteiger partial charge in [0.1, 0.15) is 0 Å². The molecule has 0 amide bonds. The van der Waals surface area contributed by atoms with Crippen LogP contribution in [0, 0.1) is 11.3 Å². The maximum Gasteiger partial charge on any atom is 0.336 e. The molecule has 0 saturated carbocycles. The van der Waals surface area contributed by atoms with E-state index in [2.05, 4.69) is 26.1 Å². The van der Waals surface area contributed by atoms with Gasteiger partial charge in [0.15, 0.2) is 5.78 Å². The minimum Gasteiger partial charge on any atom is -0.463 e. The van der Waals surface area contributed by atoms with E-state index < -0.39 is 0 Å². The summed E-state index contributed by atoms with van der Waals surface area (Å²) >= 11 is 0. The van der Waals surface area contributed by atoms with Crippen LogP contribution >= 0.6 is 0 Å². The summed E-state index contributed by atoms with van der Waals surface area (Å²) in [5, 5.41) is 3.32. The number of nitrogens with one attached hydrogen (secondary N) is 1. The smallest absolute Gasteiger partial charge is 0.336 e. The second kappa shape index (κ2) is 6.27. The molecule has 1 aliphatic carbocycles. The first-order chi connectivity index (χ1) is 10.3. The van der Waals surface area contributed by atoms with E-state index in [0.717, 1.165) is 36.2 Å². The van der Waals surface area contributed by atoms with Crippen molar-refractivity contribution in [2.75, 3.05) is 6.61 Å². The molecule has 4 heteroatoms. The lowest BCUT2D eigenvalue weighted by Gasteiger charge is -2.39. The van der Waals surface area contributed by atoms with Crippen LogP contribution in [0.5, 0.6) is 0 Å². The van der Waals surface area contributed by atoms with Gasteiger partial charge in [-0.1, -0.05) is 27.2 Å². The SMILES string of the molecule is CCCC1C(C(=O)OCC)=C(C)NC2=C1C(=O)CC(C)(C)C2. The van der Waals surface area contributed by atoms with E-state index in [1.54, 1.807) is 6.92 Å². The third-order valence-corrected chi connectivity index (χ3v) is 4.43. The minimum atomic E-state index is -0.296. The normalized spacial score (nSPS) is 24.0. The summed E-state index contributed by atoms with van der Waals surface area (Å²) in [5.41, 5.74) is 3.26. The average molecular weight is 305 g/mol. The molecule has 1 unspecified atom stereocenters. The minimum absolute atomic E-state index is 0.0264. The van der Waals surface area contributed by atoms with Gasteiger partial charge in [0, 0.05) is 29.3 Å². The molecule has 2 aliphatic rings. The van der Waals surface area contributed by atoms with Gasteiger partial charge in [-0.25, -0.2) is 4.79 Å². The van der Waals surface area contributed by atoms with Gasteiger partial charge >= 0.3 is 5.97 Å². The Morgan fingerprint density at radius 1 is 1.32 bits per heavy atom. The van der Waals surface area contributed by atoms with E-state index in [-0.39, 0.29) is 23.1 Å². The van der Waals surface area contributed by atoms with Crippen molar-refractivity contribution in [2.24, 2.45) is 11.3 Å². The predicted octanol–water partition coefficient (Wildman–Crippen LogP) is 3.49. The Kier molecular flexibility index (Phi) is 4.78. The number of carbonyl (C=O) groups excluding carboxylic acids is 2. The lowest BCUT2D eigenvalue weighted by molar-refractivity contribution is -0.139. The van der Waals surface area contributed by atoms with E-state index in [0.29, 0.717) is 18.6 Å². The Hall–Kier alpha value is -1.58. The van der Waals surface area contributed by atoms with Crippen LogP contribution in [0.4, 0.5) is 0 Å². The number of hydrogen-bond donors (Lipinski definition) is 1. The van der Waals surface area contributed by atoms with Crippen molar-refractivity contribution < 1.29 is 14.3 Å². The number of ether oxygens (including phenoxy) is 1. The standard InChI is InChI=1S/C18H27NO3/c1-6-8-12-15(17(21)22-7-2)11(3)19-13-9-18(4,5)10-14(20)16(12)13/h12,19H,6-10H2,1-5H3. The van der Waals surface area contributed by atoms with Gasteiger partial charge in [-0.3, -0.25) is 4.79 Å². The second-order valence-corrected chi connectivity index (χ2v) is 7.06. The first kappa shape index (κ1) is 16.8. The summed E-state index contributed by atoms with van der Waals surface area (Å²) in [7, 11) is 0. The highest BCUT2D eigenvalue weighted by Gasteiger charge is 2.41. The molecule has 0 fully saturated rings. The zero-order valence-electron chi connectivity index (χ0n) is 14.3. The first-order valence-corrected chi connectivity index (χ1v) is 8.22. The third kappa shape index (κ3) is 3.11. The Bertz CT molecular complexity index is 555. The van der Waals surface area contributed by atoms with Crippen LogP contribution in [0.25, 0.3) is 0 Å². The van der Waals surface area contributed by atoms with E-state index in [1.165, 1.54) is 0 Å². The quantitative estimate of drug-likeness (QED) is 0.808. The number of esters is 1. The Morgan fingerprint density at radius 2 is 2.00 bits per heavy atom. The molecule has 1 N–H and O–H groups in total. The van der Waals surface area contributed by atoms with Crippen LogP contribution in [-0.2, 0) is 14.3 Å². The van der Waals surface area contributed by atoms with E-state index in [9.17, 15) is 9.59 Å². The predicted molar refractivity (Wildman–Crippen MR) is 85.9 cm³/mol. The van der Waals surface area contributed by atoms with Crippen LogP contribution in [0.2, 0.25) is 0 Å². The van der Waals surface area contributed by atoms with Gasteiger partial charge in [0.05, 0.1) is 12.2 Å². The monoisotopic (exact) mass is 305 g/mol. The second-order valence-electron chi connectivity index (χ2n) is 7.06. The number of Topliss-reactive ketones (excluding diaryl/α,β-unsaturated/α-hetero) is 1. The Morgan fingerprint density at radius 3 is 2.59 bits per heavy atom. The Balaban J connectivity index is 2.45. The van der Waals surface area contributed by atoms with Crippen molar-refractivity contribution >= 4 is 11.8 Å². The fourth-order valence-corrected chi connectivity index (χ4v) is 3.63. The average Bonchev–Trinajstić information content (AvgIpc) is 2.36. The summed E-state index contributed by atoms with van der Waals surface area (Å²) < 4.78 is 5.21. The molecule has 0 bridgehead atoms. The zero-order valence-corrected chi connectivity index (χ0v) is 14.3. The van der Waals surface area contributed by atoms with Crippen molar-refractivity contribution in [1.29, 1.82) is 0 Å². The molecule has 0 aromatic rings. The molecule has 22 heavy (non-hydrogen) atoms. The molecule has 1 aliphatic heterocycles. The highest BCUT2D eigenvalue weighted by atomic mass is 16.5. The van der Waals surface area contributed by atoms with Crippen molar-refractivity contribution in [1.82, 2.24) is 5.32 Å². The van der Waals surface area contributed by atoms with Gasteiger partial charge in [0.2, 0.25) is 0 Å². The lowest BCUT2D eigenvalue weighted by Crippen LogP contribution is -2.39. The molecule has 1 atom stereocenters. The largest absolute Gasteiger partial charge is 0.463 e. The summed E-state index contributed by atoms with van der Waals surface area (Å²) in [4.78, 5) is 25.0. The fraction of sp³-hybridized carbons (Fsp3) is 0.667. The van der Waals surface area contributed by atoms with Crippen LogP contribution < -0.4 is 5.32 Å². The molecule has 0 saturated heterocycles. The third-order valence-electron chi connectivity index (χ3n) is 4.43. The van der Waals surface area contributed by atoms with Gasteiger partial charge in [-0.15, -0.1) is 0 Å². The van der Waals surface area contributed by atoms with Crippen LogP contribution in [0.1, 0.15) is 60.3 Å². The van der Waals surface area contributed by atoms with Crippen LogP contribution in [0.3, 0.4) is 0 Å². The molecule has 1 heterocycles. The fourth-order valence-electron chi connectivity index (χ4n) is 3.63. The van der Waals surface area contributed by atoms with Crippen molar-refractivity contribution in [3.05, 3.63) is 22.5 Å². The van der Waals surface area contributed by atoms with Crippen molar-refractivity contribution in [2.45, 2.75) is 60.3 Å². The summed E-state index contributed by atoms with van der Waals surface area (Å²) in [6.45, 7) is 10.4. The molecular weight excluding hydrogens is 278 g/mol. The summed E-state index contributed by atoms with van der Waals surface area (Å²) in [6.07, 6.45) is 3.12. The van der Waals surface area contributed by atoms with Gasteiger partial charge < -0.3 is 10.1 Å². The van der Waals surface area contributed by atoms with E-state index in [4.69, 9.17) is 4.74 Å². The lowest BCUT2D eigenvalue weighted by atomic mass is 9.69. The van der Waals surface area contributed by atoms with Crippen LogP contribution in [0.15, 0.2) is 22.5 Å². The highest BCUT2D eigenvalue weighted by molar-refractivity contribution is 6.02. The summed E-state index contributed by atoms with van der Waals surface area (Å²) in [5.74, 6) is -0.245. The maximum atomic E-state index is 12.7. The molecular formula is C18H27NO3. The molecule has 2 rings (SSSR count). The molecule has 0 aromatic carbocycles. The number of carbonyl (C=O) groups is 2. The number of hydrogen-bond acceptors (Lipinski definition) is 4. The molecule has 122 valence electrons. The van der Waals surface area contributed by atoms with E-state index >= 15 is 0 Å². The number of ketones is 1. The van der Waals surface area contributed by atoms with Crippen LogP contribution in [-0.4, -0.2) is 18.4 Å². The van der Waals surface area contributed by atoms with Gasteiger partial charge in [0.25, 0.3) is 0 Å². The van der Waals surface area contributed by atoms with Gasteiger partial charge in [-0.05, 0) is 32.1 Å². The van der Waals surface area contributed by atoms with Crippen molar-refractivity contribution in [3.8, 4) is 0 Å². The molecule has 0 aromatic heterocycles. The Labute approximate surface area is 133 Å². The van der Waals surface area contributed by atoms with E-state index in [1.807, 2.05) is 6.92 Å². The number of allylic oxidation sites excluding steroid dienone is 3. The molecule has 4 nitrogen and oxygen atoms in total. The van der Waals surface area contributed by atoms with Gasteiger partial charge in [-0.2, -0.15) is 0 Å². The summed E-state index contributed by atoms with van der Waals surface area (Å²) in [6, 6.07) is 0. The highest BCUT2D eigenvalue weighted by Crippen LogP contribution is 2.44. The van der Waals surface area contributed by atoms with Crippen molar-refractivity contribution in [3.63, 3.8) is 0 Å². The first-order valence-electron chi connectivity index (χ1n) is 8.22. The number of dihydropyridines is 1. The molecule has 0 spiro atoms. The number of rotatable bonds is 4. The zero-order chi connectivity index (χ0) is 16.5. The maximum absolute atomic E-state index is 12.7. The molecule has 0 radical (unpaired) electrons. The topological polar surface area (TPSA) is 55.4 Å².